The third kappa shape index (κ3) is 3.95. The van der Waals surface area contributed by atoms with Crippen molar-refractivity contribution in [1.82, 2.24) is 20.0 Å². The lowest BCUT2D eigenvalue weighted by Gasteiger charge is -2.34. The Kier molecular flexibility index (Phi) is 5.07. The molecule has 0 bridgehead atoms. The fourth-order valence-corrected chi connectivity index (χ4v) is 3.37. The Bertz CT molecular complexity index is 794. The number of anilines is 1. The summed E-state index contributed by atoms with van der Waals surface area (Å²) in [6, 6.07) is 3.90. The number of hydrogen-bond donors (Lipinski definition) is 0. The van der Waals surface area contributed by atoms with Crippen molar-refractivity contribution in [2.45, 2.75) is 20.3 Å². The second-order valence-corrected chi connectivity index (χ2v) is 7.51. The van der Waals surface area contributed by atoms with Crippen molar-refractivity contribution in [2.75, 3.05) is 44.3 Å². The fraction of sp³-hybridized carbons (Fsp3) is 0.579. The molecule has 4 rings (SSSR count). The molecule has 0 aliphatic carbocycles. The van der Waals surface area contributed by atoms with E-state index in [-0.39, 0.29) is 11.8 Å². The highest BCUT2D eigenvalue weighted by atomic mass is 16.5. The lowest BCUT2D eigenvalue weighted by atomic mass is 10.0. The van der Waals surface area contributed by atoms with Crippen molar-refractivity contribution >= 4 is 11.9 Å². The lowest BCUT2D eigenvalue weighted by molar-refractivity contribution is -0.134. The zero-order chi connectivity index (χ0) is 18.8. The van der Waals surface area contributed by atoms with Gasteiger partial charge in [0.1, 0.15) is 0 Å². The van der Waals surface area contributed by atoms with Crippen LogP contribution < -0.4 is 4.90 Å². The fourth-order valence-electron chi connectivity index (χ4n) is 3.37. The van der Waals surface area contributed by atoms with Gasteiger partial charge < -0.3 is 19.1 Å². The van der Waals surface area contributed by atoms with E-state index in [9.17, 15) is 4.79 Å². The van der Waals surface area contributed by atoms with Gasteiger partial charge in [-0.15, -0.1) is 0 Å². The van der Waals surface area contributed by atoms with Crippen LogP contribution >= 0.6 is 0 Å². The Morgan fingerprint density at radius 1 is 1.26 bits per heavy atom. The molecule has 2 aliphatic rings. The molecule has 0 atom stereocenters. The maximum Gasteiger partial charge on any atom is 0.266 e. The number of carbonyl (C=O) groups excluding carboxylic acids is 1. The molecule has 27 heavy (non-hydrogen) atoms. The van der Waals surface area contributed by atoms with Crippen LogP contribution in [-0.2, 0) is 16.0 Å². The summed E-state index contributed by atoms with van der Waals surface area (Å²) in [5.41, 5.74) is 1.90. The summed E-state index contributed by atoms with van der Waals surface area (Å²) >= 11 is 0. The number of carbonyl (C=O) groups is 1. The van der Waals surface area contributed by atoms with Crippen LogP contribution in [-0.4, -0.2) is 65.3 Å². The van der Waals surface area contributed by atoms with Gasteiger partial charge in [0.15, 0.2) is 0 Å². The molecule has 2 saturated heterocycles. The largest absolute Gasteiger partial charge is 0.381 e. The number of amides is 1. The summed E-state index contributed by atoms with van der Waals surface area (Å²) in [7, 11) is 0. The first-order valence-corrected chi connectivity index (χ1v) is 9.50. The first-order chi connectivity index (χ1) is 13.1. The van der Waals surface area contributed by atoms with Gasteiger partial charge in [0, 0.05) is 55.5 Å². The van der Waals surface area contributed by atoms with Gasteiger partial charge in [-0.05, 0) is 23.7 Å². The van der Waals surface area contributed by atoms with E-state index in [1.54, 1.807) is 6.20 Å². The number of pyridine rings is 1. The Hall–Kier alpha value is -2.48. The topological polar surface area (TPSA) is 84.6 Å². The lowest BCUT2D eigenvalue weighted by Crippen LogP contribution is -2.50. The molecule has 0 radical (unpaired) electrons. The summed E-state index contributed by atoms with van der Waals surface area (Å²) in [6.45, 7) is 8.26. The third-order valence-corrected chi connectivity index (χ3v) is 5.05. The Morgan fingerprint density at radius 3 is 2.70 bits per heavy atom. The smallest absolute Gasteiger partial charge is 0.266 e. The molecule has 0 spiro atoms. The highest BCUT2D eigenvalue weighted by Crippen LogP contribution is 2.23. The van der Waals surface area contributed by atoms with E-state index in [2.05, 4.69) is 20.0 Å². The second-order valence-electron chi connectivity index (χ2n) is 7.51. The molecule has 144 valence electrons. The quantitative estimate of drug-likeness (QED) is 0.790. The van der Waals surface area contributed by atoms with Gasteiger partial charge in [-0.2, -0.15) is 4.98 Å². The predicted octanol–water partition coefficient (Wildman–Crippen LogP) is 1.63. The van der Waals surface area contributed by atoms with Crippen LogP contribution in [0.2, 0.25) is 0 Å². The summed E-state index contributed by atoms with van der Waals surface area (Å²) in [5.74, 6) is 1.85. The molecule has 2 fully saturated rings. The minimum atomic E-state index is 0.0284. The van der Waals surface area contributed by atoms with Crippen molar-refractivity contribution < 1.29 is 14.1 Å². The summed E-state index contributed by atoms with van der Waals surface area (Å²) in [6.07, 6.45) is 2.69. The molecule has 1 amide bonds. The molecule has 2 aliphatic heterocycles. The standard InChI is InChI=1S/C19H25N5O3/c1-13(2)18(25)23-5-7-24(8-6-23)19-21-17(27-22-19)15-3-4-20-16(10-15)9-14-11-26-12-14/h3-4,10,13-14H,5-9,11-12H2,1-2H3. The number of aromatic nitrogens is 3. The van der Waals surface area contributed by atoms with Gasteiger partial charge in [0.2, 0.25) is 5.91 Å². The van der Waals surface area contributed by atoms with Crippen molar-refractivity contribution in [1.29, 1.82) is 0 Å². The summed E-state index contributed by atoms with van der Waals surface area (Å²) < 4.78 is 10.7. The van der Waals surface area contributed by atoms with E-state index in [4.69, 9.17) is 9.26 Å². The second kappa shape index (κ2) is 7.64. The maximum absolute atomic E-state index is 12.1. The zero-order valence-corrected chi connectivity index (χ0v) is 15.8. The minimum absolute atomic E-state index is 0.0284. The molecule has 0 aromatic carbocycles. The Morgan fingerprint density at radius 2 is 2.04 bits per heavy atom. The van der Waals surface area contributed by atoms with Crippen LogP contribution in [0.3, 0.4) is 0 Å². The average molecular weight is 371 g/mol. The van der Waals surface area contributed by atoms with Gasteiger partial charge in [0.05, 0.1) is 13.2 Å². The maximum atomic E-state index is 12.1. The summed E-state index contributed by atoms with van der Waals surface area (Å²) in [5, 5.41) is 4.14. The van der Waals surface area contributed by atoms with Crippen LogP contribution in [0.25, 0.3) is 11.5 Å². The molecule has 0 N–H and O–H groups in total. The van der Waals surface area contributed by atoms with Crippen molar-refractivity contribution in [3.63, 3.8) is 0 Å². The highest BCUT2D eigenvalue weighted by Gasteiger charge is 2.25. The molecule has 8 heteroatoms. The third-order valence-electron chi connectivity index (χ3n) is 5.05. The molecule has 4 heterocycles. The number of rotatable bonds is 5. The monoisotopic (exact) mass is 371 g/mol. The van der Waals surface area contributed by atoms with Crippen LogP contribution in [0.5, 0.6) is 0 Å². The van der Waals surface area contributed by atoms with Crippen molar-refractivity contribution in [2.24, 2.45) is 11.8 Å². The van der Waals surface area contributed by atoms with Gasteiger partial charge in [-0.3, -0.25) is 9.78 Å². The molecule has 8 nitrogen and oxygen atoms in total. The van der Waals surface area contributed by atoms with Crippen LogP contribution in [0.15, 0.2) is 22.9 Å². The SMILES string of the molecule is CC(C)C(=O)N1CCN(c2noc(-c3ccnc(CC4COC4)c3)n2)CC1. The van der Waals surface area contributed by atoms with E-state index in [1.807, 2.05) is 30.9 Å². The number of ether oxygens (including phenoxy) is 1. The number of nitrogens with zero attached hydrogens (tertiary/aromatic N) is 5. The van der Waals surface area contributed by atoms with Gasteiger partial charge in [0.25, 0.3) is 11.8 Å². The molecular weight excluding hydrogens is 346 g/mol. The van der Waals surface area contributed by atoms with E-state index in [0.29, 0.717) is 43.9 Å². The molecule has 0 saturated carbocycles. The molecular formula is C19H25N5O3. The van der Waals surface area contributed by atoms with E-state index < -0.39 is 0 Å². The van der Waals surface area contributed by atoms with Crippen molar-refractivity contribution in [3.05, 3.63) is 24.0 Å². The molecule has 2 aromatic rings. The van der Waals surface area contributed by atoms with Crippen LogP contribution in [0.4, 0.5) is 5.95 Å². The predicted molar refractivity (Wildman–Crippen MR) is 99.2 cm³/mol. The Labute approximate surface area is 158 Å². The van der Waals surface area contributed by atoms with Gasteiger partial charge in [-0.1, -0.05) is 13.8 Å². The van der Waals surface area contributed by atoms with Gasteiger partial charge >= 0.3 is 0 Å². The summed E-state index contributed by atoms with van der Waals surface area (Å²) in [4.78, 5) is 25.1. The van der Waals surface area contributed by atoms with E-state index >= 15 is 0 Å². The van der Waals surface area contributed by atoms with Crippen LogP contribution in [0.1, 0.15) is 19.5 Å². The Balaban J connectivity index is 1.40. The molecule has 0 unspecified atom stereocenters. The number of hydrogen-bond acceptors (Lipinski definition) is 7. The first kappa shape index (κ1) is 17.9. The van der Waals surface area contributed by atoms with E-state index in [1.165, 1.54) is 0 Å². The van der Waals surface area contributed by atoms with Gasteiger partial charge in [-0.25, -0.2) is 0 Å². The van der Waals surface area contributed by atoms with Crippen LogP contribution in [0, 0.1) is 11.8 Å². The molecule has 2 aromatic heterocycles. The number of piperazine rings is 1. The minimum Gasteiger partial charge on any atom is -0.381 e. The van der Waals surface area contributed by atoms with E-state index in [0.717, 1.165) is 30.9 Å². The highest BCUT2D eigenvalue weighted by molar-refractivity contribution is 5.78. The van der Waals surface area contributed by atoms with Crippen molar-refractivity contribution in [3.8, 4) is 11.5 Å². The zero-order valence-electron chi connectivity index (χ0n) is 15.8. The first-order valence-electron chi connectivity index (χ1n) is 9.50. The normalized spacial score (nSPS) is 18.0. The average Bonchev–Trinajstić information content (AvgIpc) is 3.15.